The van der Waals surface area contributed by atoms with Crippen molar-refractivity contribution in [1.29, 1.82) is 0 Å². The van der Waals surface area contributed by atoms with Crippen LogP contribution in [0.25, 0.3) is 0 Å². The van der Waals surface area contributed by atoms with Crippen molar-refractivity contribution in [3.8, 4) is 0 Å². The van der Waals surface area contributed by atoms with E-state index in [0.29, 0.717) is 11.1 Å². The van der Waals surface area contributed by atoms with Crippen LogP contribution in [0.3, 0.4) is 0 Å². The van der Waals surface area contributed by atoms with Crippen molar-refractivity contribution in [3.63, 3.8) is 0 Å². The number of carbonyl (C=O) groups is 2. The Kier molecular flexibility index (Phi) is 5.80. The fourth-order valence-corrected chi connectivity index (χ4v) is 3.74. The highest BCUT2D eigenvalue weighted by molar-refractivity contribution is 6.00. The van der Waals surface area contributed by atoms with Crippen molar-refractivity contribution in [1.82, 2.24) is 4.57 Å². The summed E-state index contributed by atoms with van der Waals surface area (Å²) in [5.74, 6) is -0.650. The molecule has 27 heavy (non-hydrogen) atoms. The van der Waals surface area contributed by atoms with Crippen LogP contribution in [0.4, 0.5) is 0 Å². The first kappa shape index (κ1) is 19.4. The molecule has 0 N–H and O–H groups in total. The number of ether oxygens (including phenoxy) is 2. The standard InChI is InChI=1S/C22H27NO4/c1-14-8-15(2)10-18(9-14)22(25)27-13-21(24)20-11-16(3)23(17(20)4)12-19-6-5-7-26-19/h8-11,19H,5-7,12-13H2,1-4H3. The number of rotatable bonds is 6. The summed E-state index contributed by atoms with van der Waals surface area (Å²) in [6.45, 7) is 9.09. The molecule has 1 unspecified atom stereocenters. The first-order chi connectivity index (χ1) is 12.8. The number of esters is 1. The van der Waals surface area contributed by atoms with Crippen LogP contribution in [0.5, 0.6) is 0 Å². The Hall–Kier alpha value is -2.40. The molecule has 0 spiro atoms. The number of aromatic nitrogens is 1. The van der Waals surface area contributed by atoms with Crippen molar-refractivity contribution in [2.24, 2.45) is 0 Å². The Morgan fingerprint density at radius 2 is 1.81 bits per heavy atom. The minimum Gasteiger partial charge on any atom is -0.454 e. The third-order valence-electron chi connectivity index (χ3n) is 5.08. The van der Waals surface area contributed by atoms with Crippen LogP contribution in [0, 0.1) is 27.7 Å². The third kappa shape index (κ3) is 4.48. The van der Waals surface area contributed by atoms with Crippen molar-refractivity contribution >= 4 is 11.8 Å². The predicted octanol–water partition coefficient (Wildman–Crippen LogP) is 3.94. The lowest BCUT2D eigenvalue weighted by Crippen LogP contribution is -2.18. The van der Waals surface area contributed by atoms with E-state index in [0.717, 1.165) is 48.5 Å². The SMILES string of the molecule is Cc1cc(C)cc(C(=O)OCC(=O)c2cc(C)n(CC3CCCO3)c2C)c1. The van der Waals surface area contributed by atoms with Crippen LogP contribution >= 0.6 is 0 Å². The molecule has 5 nitrogen and oxygen atoms in total. The van der Waals surface area contributed by atoms with Gasteiger partial charge in [-0.15, -0.1) is 0 Å². The van der Waals surface area contributed by atoms with E-state index in [9.17, 15) is 9.59 Å². The molecule has 1 aliphatic heterocycles. The second-order valence-corrected chi connectivity index (χ2v) is 7.41. The zero-order valence-corrected chi connectivity index (χ0v) is 16.5. The van der Waals surface area contributed by atoms with Gasteiger partial charge in [0.2, 0.25) is 5.78 Å². The van der Waals surface area contributed by atoms with Crippen LogP contribution < -0.4 is 0 Å². The topological polar surface area (TPSA) is 57.5 Å². The molecule has 2 heterocycles. The smallest absolute Gasteiger partial charge is 0.338 e. The van der Waals surface area contributed by atoms with Gasteiger partial charge in [-0.05, 0) is 58.7 Å². The molecule has 0 aliphatic carbocycles. The minimum absolute atomic E-state index is 0.181. The summed E-state index contributed by atoms with van der Waals surface area (Å²) in [5.41, 5.74) is 4.99. The fourth-order valence-electron chi connectivity index (χ4n) is 3.74. The number of benzene rings is 1. The van der Waals surface area contributed by atoms with Crippen molar-refractivity contribution in [2.75, 3.05) is 13.2 Å². The van der Waals surface area contributed by atoms with E-state index >= 15 is 0 Å². The number of hydrogen-bond donors (Lipinski definition) is 0. The van der Waals surface area contributed by atoms with Gasteiger partial charge in [-0.2, -0.15) is 0 Å². The molecule has 3 rings (SSSR count). The molecule has 1 aromatic heterocycles. The van der Waals surface area contributed by atoms with E-state index in [-0.39, 0.29) is 18.5 Å². The van der Waals surface area contributed by atoms with Gasteiger partial charge in [0.1, 0.15) is 0 Å². The zero-order chi connectivity index (χ0) is 19.6. The Bertz CT molecular complexity index is 839. The summed E-state index contributed by atoms with van der Waals surface area (Å²) in [6, 6.07) is 7.41. The molecule has 0 bridgehead atoms. The monoisotopic (exact) mass is 369 g/mol. The summed E-state index contributed by atoms with van der Waals surface area (Å²) >= 11 is 0. The van der Waals surface area contributed by atoms with Gasteiger partial charge in [0.25, 0.3) is 0 Å². The number of ketones is 1. The Morgan fingerprint density at radius 3 is 2.44 bits per heavy atom. The van der Waals surface area contributed by atoms with E-state index in [1.807, 2.05) is 39.8 Å². The third-order valence-corrected chi connectivity index (χ3v) is 5.08. The van der Waals surface area contributed by atoms with Gasteiger partial charge in [0.15, 0.2) is 6.61 Å². The van der Waals surface area contributed by atoms with Crippen LogP contribution in [0.15, 0.2) is 24.3 Å². The summed E-state index contributed by atoms with van der Waals surface area (Å²) in [7, 11) is 0. The van der Waals surface area contributed by atoms with Gasteiger partial charge in [0, 0.05) is 30.1 Å². The van der Waals surface area contributed by atoms with Gasteiger partial charge >= 0.3 is 5.97 Å². The highest BCUT2D eigenvalue weighted by Gasteiger charge is 2.22. The van der Waals surface area contributed by atoms with E-state index in [1.165, 1.54) is 0 Å². The van der Waals surface area contributed by atoms with Crippen LogP contribution in [-0.2, 0) is 16.0 Å². The van der Waals surface area contributed by atoms with Gasteiger partial charge in [-0.1, -0.05) is 17.2 Å². The lowest BCUT2D eigenvalue weighted by Gasteiger charge is -2.14. The van der Waals surface area contributed by atoms with Crippen LogP contribution in [0.2, 0.25) is 0 Å². The normalized spacial score (nSPS) is 16.5. The lowest BCUT2D eigenvalue weighted by molar-refractivity contribution is 0.0474. The van der Waals surface area contributed by atoms with E-state index in [4.69, 9.17) is 9.47 Å². The summed E-state index contributed by atoms with van der Waals surface area (Å²) in [6.07, 6.45) is 2.35. The van der Waals surface area contributed by atoms with E-state index < -0.39 is 5.97 Å². The Morgan fingerprint density at radius 1 is 1.11 bits per heavy atom. The number of aryl methyl sites for hydroxylation is 3. The summed E-state index contributed by atoms with van der Waals surface area (Å²) in [4.78, 5) is 24.9. The molecule has 1 aliphatic rings. The fraction of sp³-hybridized carbons (Fsp3) is 0.455. The number of Topliss-reactive ketones (excluding diaryl/α,β-unsaturated/α-hetero) is 1. The molecule has 1 saturated heterocycles. The van der Waals surface area contributed by atoms with Gasteiger partial charge in [-0.3, -0.25) is 4.79 Å². The van der Waals surface area contributed by atoms with E-state index in [1.54, 1.807) is 12.1 Å². The van der Waals surface area contributed by atoms with Crippen molar-refractivity contribution < 1.29 is 19.1 Å². The highest BCUT2D eigenvalue weighted by Crippen LogP contribution is 2.21. The predicted molar refractivity (Wildman–Crippen MR) is 103 cm³/mol. The second-order valence-electron chi connectivity index (χ2n) is 7.41. The maximum Gasteiger partial charge on any atom is 0.338 e. The molecule has 5 heteroatoms. The molecule has 1 atom stereocenters. The van der Waals surface area contributed by atoms with Crippen LogP contribution in [-0.4, -0.2) is 35.6 Å². The Labute approximate surface area is 160 Å². The molecular formula is C22H27NO4. The highest BCUT2D eigenvalue weighted by atomic mass is 16.5. The quantitative estimate of drug-likeness (QED) is 0.572. The largest absolute Gasteiger partial charge is 0.454 e. The molecule has 0 amide bonds. The molecule has 2 aromatic rings. The number of carbonyl (C=O) groups excluding carboxylic acids is 2. The molecule has 0 radical (unpaired) electrons. The summed E-state index contributed by atoms with van der Waals surface area (Å²) in [5, 5.41) is 0. The van der Waals surface area contributed by atoms with Crippen molar-refractivity contribution in [3.05, 3.63) is 57.9 Å². The average Bonchev–Trinajstić information content (AvgIpc) is 3.22. The first-order valence-corrected chi connectivity index (χ1v) is 9.42. The number of nitrogens with zero attached hydrogens (tertiary/aromatic N) is 1. The van der Waals surface area contributed by atoms with Gasteiger partial charge < -0.3 is 14.0 Å². The van der Waals surface area contributed by atoms with Crippen LogP contribution in [0.1, 0.15) is 56.1 Å². The molecule has 144 valence electrons. The first-order valence-electron chi connectivity index (χ1n) is 9.42. The van der Waals surface area contributed by atoms with Crippen molar-refractivity contribution in [2.45, 2.75) is 53.2 Å². The molecule has 0 saturated carbocycles. The van der Waals surface area contributed by atoms with E-state index in [2.05, 4.69) is 4.57 Å². The summed E-state index contributed by atoms with van der Waals surface area (Å²) < 4.78 is 13.1. The maximum absolute atomic E-state index is 12.6. The molecule has 1 aromatic carbocycles. The van der Waals surface area contributed by atoms with Gasteiger partial charge in [-0.25, -0.2) is 4.79 Å². The molecule has 1 fully saturated rings. The van der Waals surface area contributed by atoms with Gasteiger partial charge in [0.05, 0.1) is 11.7 Å². The minimum atomic E-state index is -0.469. The maximum atomic E-state index is 12.6. The lowest BCUT2D eigenvalue weighted by atomic mass is 10.1. The Balaban J connectivity index is 1.66. The zero-order valence-electron chi connectivity index (χ0n) is 16.5. The average molecular weight is 369 g/mol. The second kappa shape index (κ2) is 8.09. The molecular weight excluding hydrogens is 342 g/mol. The number of hydrogen-bond acceptors (Lipinski definition) is 4.